The summed E-state index contributed by atoms with van der Waals surface area (Å²) in [5.74, 6) is -0.163. The van der Waals surface area contributed by atoms with Gasteiger partial charge in [0.2, 0.25) is 0 Å². The molecule has 5 rings (SSSR count). The number of nitrogens with two attached hydrogens (primary N) is 1. The van der Waals surface area contributed by atoms with Crippen molar-refractivity contribution in [2.24, 2.45) is 0 Å². The number of aryl methyl sites for hydroxylation is 1. The third-order valence-corrected chi connectivity index (χ3v) is 6.41. The number of pyridine rings is 1. The maximum absolute atomic E-state index is 14.7. The highest BCUT2D eigenvalue weighted by Crippen LogP contribution is 2.28. The number of nitrogens with zero attached hydrogens (tertiary/aromatic N) is 5. The van der Waals surface area contributed by atoms with Crippen LogP contribution >= 0.6 is 27.3 Å². The van der Waals surface area contributed by atoms with E-state index in [0.717, 1.165) is 5.56 Å². The van der Waals surface area contributed by atoms with Crippen molar-refractivity contribution in [3.8, 4) is 5.69 Å². The summed E-state index contributed by atoms with van der Waals surface area (Å²) in [6.45, 7) is 1.95. The van der Waals surface area contributed by atoms with E-state index in [0.29, 0.717) is 37.4 Å². The van der Waals surface area contributed by atoms with Gasteiger partial charge in [0.1, 0.15) is 27.6 Å². The molecule has 0 atom stereocenters. The molecule has 5 aromatic rings. The Labute approximate surface area is 181 Å². The van der Waals surface area contributed by atoms with Crippen molar-refractivity contribution in [2.75, 3.05) is 5.73 Å². The zero-order chi connectivity index (χ0) is 21.0. The lowest BCUT2D eigenvalue weighted by Gasteiger charge is -2.14. The summed E-state index contributed by atoms with van der Waals surface area (Å²) in [5, 5.41) is 7.49. The van der Waals surface area contributed by atoms with E-state index in [1.807, 2.05) is 12.3 Å². The molecule has 4 heterocycles. The van der Waals surface area contributed by atoms with E-state index in [9.17, 15) is 9.18 Å². The molecule has 0 spiro atoms. The molecule has 0 saturated heterocycles. The van der Waals surface area contributed by atoms with E-state index >= 15 is 0 Å². The minimum Gasteiger partial charge on any atom is -0.398 e. The van der Waals surface area contributed by atoms with Crippen LogP contribution in [-0.2, 0) is 6.54 Å². The number of benzene rings is 1. The van der Waals surface area contributed by atoms with Crippen molar-refractivity contribution in [3.63, 3.8) is 0 Å². The van der Waals surface area contributed by atoms with Crippen molar-refractivity contribution in [1.29, 1.82) is 0 Å². The number of fused-ring (bicyclic) bond motifs is 2. The van der Waals surface area contributed by atoms with Gasteiger partial charge in [-0.1, -0.05) is 12.1 Å². The maximum atomic E-state index is 14.7. The standard InChI is InChI=1S/C20H14BrFN6OS/c1-10-9-30-19-15(10)20(29)28(13-5-3-2-4-11(13)22)14(25-19)8-27-18-16(17(21)26-27)12(23)6-7-24-18/h2-7,9H,8H2,1H3,(H2,23,24). The maximum Gasteiger partial charge on any atom is 0.267 e. The number of thiophene rings is 1. The first-order valence-corrected chi connectivity index (χ1v) is 10.6. The summed E-state index contributed by atoms with van der Waals surface area (Å²) in [4.78, 5) is 23.0. The molecule has 0 radical (unpaired) electrons. The topological polar surface area (TPSA) is 91.6 Å². The van der Waals surface area contributed by atoms with Crippen LogP contribution in [0.4, 0.5) is 10.1 Å². The van der Waals surface area contributed by atoms with Crippen LogP contribution in [0.2, 0.25) is 0 Å². The van der Waals surface area contributed by atoms with Crippen LogP contribution in [0.15, 0.2) is 51.3 Å². The molecule has 30 heavy (non-hydrogen) atoms. The van der Waals surface area contributed by atoms with Crippen LogP contribution in [0, 0.1) is 12.7 Å². The van der Waals surface area contributed by atoms with Gasteiger partial charge in [-0.3, -0.25) is 9.36 Å². The SMILES string of the molecule is Cc1csc2nc(Cn3nc(Br)c4c(N)ccnc43)n(-c3ccccc3F)c(=O)c12. The molecule has 10 heteroatoms. The Hall–Kier alpha value is -3.11. The van der Waals surface area contributed by atoms with Gasteiger partial charge < -0.3 is 5.73 Å². The van der Waals surface area contributed by atoms with Gasteiger partial charge in [0.25, 0.3) is 5.56 Å². The highest BCUT2D eigenvalue weighted by Gasteiger charge is 2.20. The molecule has 0 saturated carbocycles. The summed E-state index contributed by atoms with van der Waals surface area (Å²) in [7, 11) is 0. The Morgan fingerprint density at radius 2 is 2.03 bits per heavy atom. The Bertz CT molecular complexity index is 1510. The van der Waals surface area contributed by atoms with E-state index < -0.39 is 5.82 Å². The van der Waals surface area contributed by atoms with Gasteiger partial charge in [-0.05, 0) is 52.0 Å². The molecule has 0 aliphatic heterocycles. The minimum atomic E-state index is -0.510. The summed E-state index contributed by atoms with van der Waals surface area (Å²) in [6.07, 6.45) is 1.59. The predicted molar refractivity (Wildman–Crippen MR) is 119 cm³/mol. The predicted octanol–water partition coefficient (Wildman–Crippen LogP) is 4.03. The number of aromatic nitrogens is 5. The Balaban J connectivity index is 1.80. The second kappa shape index (κ2) is 6.99. The summed E-state index contributed by atoms with van der Waals surface area (Å²) in [6, 6.07) is 7.83. The molecule has 0 unspecified atom stereocenters. The van der Waals surface area contributed by atoms with Crippen LogP contribution in [0.3, 0.4) is 0 Å². The van der Waals surface area contributed by atoms with E-state index in [2.05, 4.69) is 31.0 Å². The molecule has 0 aliphatic rings. The third kappa shape index (κ3) is 2.83. The highest BCUT2D eigenvalue weighted by atomic mass is 79.9. The summed E-state index contributed by atoms with van der Waals surface area (Å²) >= 11 is 4.80. The number of hydrogen-bond acceptors (Lipinski definition) is 6. The van der Waals surface area contributed by atoms with E-state index in [1.54, 1.807) is 35.1 Å². The van der Waals surface area contributed by atoms with Crippen LogP contribution in [-0.4, -0.2) is 24.3 Å². The second-order valence-electron chi connectivity index (χ2n) is 6.77. The van der Waals surface area contributed by atoms with Gasteiger partial charge in [0.05, 0.1) is 16.5 Å². The first kappa shape index (κ1) is 18.9. The van der Waals surface area contributed by atoms with Gasteiger partial charge in [-0.2, -0.15) is 5.10 Å². The Morgan fingerprint density at radius 3 is 2.83 bits per heavy atom. The Morgan fingerprint density at radius 1 is 1.23 bits per heavy atom. The number of hydrogen-bond donors (Lipinski definition) is 1. The normalized spacial score (nSPS) is 11.6. The number of anilines is 1. The zero-order valence-corrected chi connectivity index (χ0v) is 18.0. The fourth-order valence-electron chi connectivity index (χ4n) is 3.48. The average molecular weight is 485 g/mol. The third-order valence-electron chi connectivity index (χ3n) is 4.87. The molecule has 0 bridgehead atoms. The van der Waals surface area contributed by atoms with Crippen molar-refractivity contribution >= 4 is 54.2 Å². The van der Waals surface area contributed by atoms with Gasteiger partial charge in [-0.25, -0.2) is 19.0 Å². The monoisotopic (exact) mass is 484 g/mol. The summed E-state index contributed by atoms with van der Waals surface area (Å²) in [5.41, 5.74) is 7.77. The van der Waals surface area contributed by atoms with Gasteiger partial charge in [-0.15, -0.1) is 11.3 Å². The van der Waals surface area contributed by atoms with Crippen LogP contribution < -0.4 is 11.3 Å². The zero-order valence-electron chi connectivity index (χ0n) is 15.6. The lowest BCUT2D eigenvalue weighted by Crippen LogP contribution is -2.26. The molecular formula is C20H14BrFN6OS. The molecule has 1 aromatic carbocycles. The van der Waals surface area contributed by atoms with Crippen molar-refractivity contribution < 1.29 is 4.39 Å². The van der Waals surface area contributed by atoms with E-state index in [-0.39, 0.29) is 17.8 Å². The second-order valence-corrected chi connectivity index (χ2v) is 8.38. The number of halogens is 2. The van der Waals surface area contributed by atoms with Gasteiger partial charge in [0, 0.05) is 11.9 Å². The average Bonchev–Trinajstić information content (AvgIpc) is 3.24. The Kier molecular flexibility index (Phi) is 4.40. The van der Waals surface area contributed by atoms with Crippen molar-refractivity contribution in [2.45, 2.75) is 13.5 Å². The molecule has 150 valence electrons. The molecule has 4 aromatic heterocycles. The molecule has 0 aliphatic carbocycles. The number of nitrogen functional groups attached to an aromatic ring is 1. The lowest BCUT2D eigenvalue weighted by molar-refractivity contribution is 0.599. The van der Waals surface area contributed by atoms with Gasteiger partial charge >= 0.3 is 0 Å². The van der Waals surface area contributed by atoms with E-state index in [4.69, 9.17) is 5.73 Å². The molecule has 7 nitrogen and oxygen atoms in total. The quantitative estimate of drug-likeness (QED) is 0.417. The lowest BCUT2D eigenvalue weighted by atomic mass is 10.2. The van der Waals surface area contributed by atoms with Crippen LogP contribution in [0.5, 0.6) is 0 Å². The minimum absolute atomic E-state index is 0.106. The van der Waals surface area contributed by atoms with E-state index in [1.165, 1.54) is 22.0 Å². The fraction of sp³-hybridized carbons (Fsp3) is 0.100. The molecule has 0 fully saturated rings. The molecule has 0 amide bonds. The van der Waals surface area contributed by atoms with Crippen molar-refractivity contribution in [1.82, 2.24) is 24.3 Å². The highest BCUT2D eigenvalue weighted by molar-refractivity contribution is 9.10. The summed E-state index contributed by atoms with van der Waals surface area (Å²) < 4.78 is 18.1. The number of rotatable bonds is 3. The first-order valence-electron chi connectivity index (χ1n) is 8.97. The molecular weight excluding hydrogens is 471 g/mol. The van der Waals surface area contributed by atoms with Crippen LogP contribution in [0.1, 0.15) is 11.4 Å². The fourth-order valence-corrected chi connectivity index (χ4v) is 5.00. The van der Waals surface area contributed by atoms with Gasteiger partial charge in [0.15, 0.2) is 5.65 Å². The first-order chi connectivity index (χ1) is 14.5. The largest absolute Gasteiger partial charge is 0.398 e. The van der Waals surface area contributed by atoms with Crippen LogP contribution in [0.25, 0.3) is 26.9 Å². The smallest absolute Gasteiger partial charge is 0.267 e. The number of para-hydroxylation sites is 1. The molecule has 2 N–H and O–H groups in total. The van der Waals surface area contributed by atoms with Crippen molar-refractivity contribution in [3.05, 3.63) is 74.1 Å².